The molecule has 1 heterocycles. The van der Waals surface area contributed by atoms with E-state index in [1.54, 1.807) is 37.1 Å². The van der Waals surface area contributed by atoms with E-state index in [1.165, 1.54) is 0 Å². The summed E-state index contributed by atoms with van der Waals surface area (Å²) in [5, 5.41) is 7.45. The molecule has 0 bridgehead atoms. The van der Waals surface area contributed by atoms with E-state index in [2.05, 4.69) is 15.4 Å². The second-order valence-electron chi connectivity index (χ2n) is 7.85. The normalized spacial score (nSPS) is 10.7. The molecule has 0 saturated carbocycles. The predicted octanol–water partition coefficient (Wildman–Crippen LogP) is 5.13. The largest absolute Gasteiger partial charge is 0.497 e. The Labute approximate surface area is 193 Å². The molecule has 0 aliphatic carbocycles. The molecule has 4 aromatic rings. The van der Waals surface area contributed by atoms with Gasteiger partial charge in [0.1, 0.15) is 11.5 Å². The summed E-state index contributed by atoms with van der Waals surface area (Å²) < 4.78 is 12.4. The number of ether oxygens (including phenoxy) is 2. The van der Waals surface area contributed by atoms with Crippen molar-refractivity contribution in [2.24, 2.45) is 0 Å². The van der Waals surface area contributed by atoms with Crippen LogP contribution in [0.3, 0.4) is 0 Å². The number of amides is 1. The number of aromatic nitrogens is 3. The van der Waals surface area contributed by atoms with Crippen LogP contribution in [0.4, 0.5) is 5.69 Å². The third-order valence-corrected chi connectivity index (χ3v) is 5.37. The standard InChI is InChI=1S/C26H26N4O3/c1-16-7-10-19(11-8-16)25-28-24(29-30(25)22-14-17(2)6-9-18(22)3)26(31)27-21-15-20(32-4)12-13-23(21)33-5/h6-15H,1-5H3,(H,27,31). The summed E-state index contributed by atoms with van der Waals surface area (Å²) in [6.07, 6.45) is 0. The zero-order chi connectivity index (χ0) is 23.5. The smallest absolute Gasteiger partial charge is 0.295 e. The SMILES string of the molecule is COc1ccc(OC)c(NC(=O)c2nc(-c3ccc(C)cc3)n(-c3cc(C)ccc3C)n2)c1. The third-order valence-electron chi connectivity index (χ3n) is 5.37. The van der Waals surface area contributed by atoms with Gasteiger partial charge in [0.05, 0.1) is 25.6 Å². The zero-order valence-corrected chi connectivity index (χ0v) is 19.3. The Morgan fingerprint density at radius 3 is 2.30 bits per heavy atom. The molecule has 0 aliphatic heterocycles. The van der Waals surface area contributed by atoms with E-state index in [0.29, 0.717) is 23.0 Å². The lowest BCUT2D eigenvalue weighted by molar-refractivity contribution is 0.101. The highest BCUT2D eigenvalue weighted by Gasteiger charge is 2.21. The molecule has 1 aromatic heterocycles. The highest BCUT2D eigenvalue weighted by Crippen LogP contribution is 2.30. The molecule has 0 atom stereocenters. The Hall–Kier alpha value is -4.13. The second-order valence-corrected chi connectivity index (χ2v) is 7.85. The molecule has 0 spiro atoms. The minimum absolute atomic E-state index is 0.0522. The van der Waals surface area contributed by atoms with Gasteiger partial charge in [-0.25, -0.2) is 9.67 Å². The summed E-state index contributed by atoms with van der Waals surface area (Å²) in [6, 6.07) is 19.3. The quantitative estimate of drug-likeness (QED) is 0.448. The number of carbonyl (C=O) groups excluding carboxylic acids is 1. The van der Waals surface area contributed by atoms with Crippen LogP contribution in [0.2, 0.25) is 0 Å². The average molecular weight is 443 g/mol. The lowest BCUT2D eigenvalue weighted by Crippen LogP contribution is -2.15. The summed E-state index contributed by atoms with van der Waals surface area (Å²) in [7, 11) is 3.11. The molecule has 7 nitrogen and oxygen atoms in total. The number of aryl methyl sites for hydroxylation is 3. The van der Waals surface area contributed by atoms with E-state index in [4.69, 9.17) is 9.47 Å². The van der Waals surface area contributed by atoms with Crippen molar-refractivity contribution in [2.45, 2.75) is 20.8 Å². The van der Waals surface area contributed by atoms with Crippen LogP contribution in [0.1, 0.15) is 27.3 Å². The highest BCUT2D eigenvalue weighted by atomic mass is 16.5. The number of carbonyl (C=O) groups is 1. The van der Waals surface area contributed by atoms with Crippen molar-refractivity contribution in [3.8, 4) is 28.6 Å². The van der Waals surface area contributed by atoms with Crippen LogP contribution in [0.15, 0.2) is 60.7 Å². The number of benzene rings is 3. The molecule has 0 saturated heterocycles. The van der Waals surface area contributed by atoms with Crippen LogP contribution in [0.25, 0.3) is 17.1 Å². The van der Waals surface area contributed by atoms with E-state index in [-0.39, 0.29) is 5.82 Å². The fourth-order valence-electron chi connectivity index (χ4n) is 3.50. The summed E-state index contributed by atoms with van der Waals surface area (Å²) in [5.41, 5.74) is 5.47. The minimum Gasteiger partial charge on any atom is -0.497 e. The van der Waals surface area contributed by atoms with Crippen LogP contribution < -0.4 is 14.8 Å². The van der Waals surface area contributed by atoms with Gasteiger partial charge in [0, 0.05) is 11.6 Å². The Morgan fingerprint density at radius 2 is 1.61 bits per heavy atom. The molecule has 3 aromatic carbocycles. The van der Waals surface area contributed by atoms with Gasteiger partial charge in [-0.1, -0.05) is 42.0 Å². The number of nitrogens with one attached hydrogen (secondary N) is 1. The van der Waals surface area contributed by atoms with Crippen molar-refractivity contribution < 1.29 is 14.3 Å². The van der Waals surface area contributed by atoms with E-state index in [1.807, 2.05) is 63.2 Å². The number of methoxy groups -OCH3 is 2. The monoisotopic (exact) mass is 442 g/mol. The molecule has 0 radical (unpaired) electrons. The maximum absolute atomic E-state index is 13.2. The number of hydrogen-bond acceptors (Lipinski definition) is 5. The van der Waals surface area contributed by atoms with E-state index < -0.39 is 5.91 Å². The first kappa shape index (κ1) is 22.1. The van der Waals surface area contributed by atoms with E-state index in [0.717, 1.165) is 27.9 Å². The number of nitrogens with zero attached hydrogens (tertiary/aromatic N) is 3. The van der Waals surface area contributed by atoms with Gasteiger partial charge in [0.15, 0.2) is 5.82 Å². The van der Waals surface area contributed by atoms with Crippen LogP contribution in [-0.2, 0) is 0 Å². The average Bonchev–Trinajstić information content (AvgIpc) is 3.26. The molecule has 4 rings (SSSR count). The van der Waals surface area contributed by atoms with Crippen molar-refractivity contribution in [3.05, 3.63) is 83.2 Å². The Kier molecular flexibility index (Phi) is 6.13. The maximum atomic E-state index is 13.2. The lowest BCUT2D eigenvalue weighted by atomic mass is 10.1. The van der Waals surface area contributed by atoms with Crippen molar-refractivity contribution in [1.82, 2.24) is 14.8 Å². The Morgan fingerprint density at radius 1 is 0.879 bits per heavy atom. The van der Waals surface area contributed by atoms with E-state index >= 15 is 0 Å². The first-order valence-corrected chi connectivity index (χ1v) is 10.5. The van der Waals surface area contributed by atoms with Gasteiger partial charge in [-0.2, -0.15) is 0 Å². The molecule has 33 heavy (non-hydrogen) atoms. The number of anilines is 1. The first-order valence-electron chi connectivity index (χ1n) is 10.5. The summed E-state index contributed by atoms with van der Waals surface area (Å²) in [5.74, 6) is 1.30. The molecule has 0 unspecified atom stereocenters. The van der Waals surface area contributed by atoms with Crippen LogP contribution in [-0.4, -0.2) is 34.9 Å². The van der Waals surface area contributed by atoms with Crippen LogP contribution in [0, 0.1) is 20.8 Å². The summed E-state index contributed by atoms with van der Waals surface area (Å²) >= 11 is 0. The van der Waals surface area contributed by atoms with Gasteiger partial charge in [0.25, 0.3) is 5.91 Å². The molecule has 168 valence electrons. The van der Waals surface area contributed by atoms with Crippen LogP contribution in [0.5, 0.6) is 11.5 Å². The van der Waals surface area contributed by atoms with E-state index in [9.17, 15) is 4.79 Å². The Bertz CT molecular complexity index is 1310. The topological polar surface area (TPSA) is 78.3 Å². The van der Waals surface area contributed by atoms with Crippen LogP contribution >= 0.6 is 0 Å². The summed E-state index contributed by atoms with van der Waals surface area (Å²) in [6.45, 7) is 6.06. The van der Waals surface area contributed by atoms with Gasteiger partial charge in [-0.05, 0) is 50.1 Å². The fourth-order valence-corrected chi connectivity index (χ4v) is 3.50. The van der Waals surface area contributed by atoms with Gasteiger partial charge in [-0.15, -0.1) is 5.10 Å². The predicted molar refractivity (Wildman–Crippen MR) is 129 cm³/mol. The van der Waals surface area contributed by atoms with Gasteiger partial charge >= 0.3 is 0 Å². The maximum Gasteiger partial charge on any atom is 0.295 e. The number of hydrogen-bond donors (Lipinski definition) is 1. The van der Waals surface area contributed by atoms with Gasteiger partial charge in [0.2, 0.25) is 5.82 Å². The van der Waals surface area contributed by atoms with Gasteiger partial charge in [-0.3, -0.25) is 4.79 Å². The zero-order valence-electron chi connectivity index (χ0n) is 19.3. The first-order chi connectivity index (χ1) is 15.9. The minimum atomic E-state index is -0.445. The molecular weight excluding hydrogens is 416 g/mol. The van der Waals surface area contributed by atoms with Crippen molar-refractivity contribution in [1.29, 1.82) is 0 Å². The third kappa shape index (κ3) is 4.57. The molecule has 1 N–H and O–H groups in total. The highest BCUT2D eigenvalue weighted by molar-refractivity contribution is 6.02. The van der Waals surface area contributed by atoms with Crippen molar-refractivity contribution in [3.63, 3.8) is 0 Å². The molecule has 1 amide bonds. The second kappa shape index (κ2) is 9.16. The lowest BCUT2D eigenvalue weighted by Gasteiger charge is -2.11. The van der Waals surface area contributed by atoms with Crippen molar-refractivity contribution in [2.75, 3.05) is 19.5 Å². The van der Waals surface area contributed by atoms with Gasteiger partial charge < -0.3 is 14.8 Å². The molecule has 7 heteroatoms. The molecule has 0 fully saturated rings. The Balaban J connectivity index is 1.79. The number of rotatable bonds is 6. The molecule has 0 aliphatic rings. The molecular formula is C26H26N4O3. The summed E-state index contributed by atoms with van der Waals surface area (Å²) in [4.78, 5) is 17.8. The van der Waals surface area contributed by atoms with Crippen molar-refractivity contribution >= 4 is 11.6 Å². The fraction of sp³-hybridized carbons (Fsp3) is 0.192.